The van der Waals surface area contributed by atoms with E-state index in [1.165, 1.54) is 0 Å². The Morgan fingerprint density at radius 3 is 2.75 bits per heavy atom. The number of hydrogen-bond acceptors (Lipinski definition) is 5. The Bertz CT molecular complexity index is 702. The number of rotatable bonds is 4. The van der Waals surface area contributed by atoms with Crippen LogP contribution in [-0.4, -0.2) is 17.3 Å². The Labute approximate surface area is 116 Å². The van der Waals surface area contributed by atoms with Gasteiger partial charge < -0.3 is 13.6 Å². The predicted molar refractivity (Wildman–Crippen MR) is 73.4 cm³/mol. The van der Waals surface area contributed by atoms with Gasteiger partial charge in [-0.25, -0.2) is 0 Å². The van der Waals surface area contributed by atoms with Crippen LogP contribution in [0.15, 0.2) is 45.4 Å². The molecule has 0 bridgehead atoms. The van der Waals surface area contributed by atoms with Crippen molar-refractivity contribution in [3.05, 3.63) is 42.5 Å². The largest absolute Gasteiger partial charge is 0.496 e. The van der Waals surface area contributed by atoms with E-state index < -0.39 is 0 Å². The van der Waals surface area contributed by atoms with E-state index in [0.29, 0.717) is 18.2 Å². The van der Waals surface area contributed by atoms with Gasteiger partial charge in [0, 0.05) is 12.0 Å². The Morgan fingerprint density at radius 2 is 2.10 bits per heavy atom. The number of aryl methyl sites for hydroxylation is 1. The van der Waals surface area contributed by atoms with Crippen molar-refractivity contribution in [1.82, 2.24) is 10.2 Å². The zero-order chi connectivity index (χ0) is 13.9. The lowest BCUT2D eigenvalue weighted by Gasteiger charge is -2.07. The molecule has 102 valence electrons. The topological polar surface area (TPSA) is 61.3 Å². The summed E-state index contributed by atoms with van der Waals surface area (Å²) in [4.78, 5) is 0. The van der Waals surface area contributed by atoms with Crippen LogP contribution in [0.25, 0.3) is 22.8 Å². The molecule has 2 heterocycles. The minimum atomic E-state index is 0.498. The van der Waals surface area contributed by atoms with Crippen molar-refractivity contribution in [2.24, 2.45) is 0 Å². The zero-order valence-corrected chi connectivity index (χ0v) is 11.3. The van der Waals surface area contributed by atoms with Gasteiger partial charge in [0.05, 0.1) is 18.9 Å². The second-order valence-corrected chi connectivity index (χ2v) is 4.25. The smallest absolute Gasteiger partial charge is 0.247 e. The number of furan rings is 1. The SMILES string of the molecule is CCc1nnc(-c2ccc(OC)c(-c3ccco3)c2)o1. The molecular formula is C15H14N2O3. The van der Waals surface area contributed by atoms with E-state index in [4.69, 9.17) is 13.6 Å². The first-order valence-corrected chi connectivity index (χ1v) is 6.36. The third kappa shape index (κ3) is 2.18. The molecule has 0 N–H and O–H groups in total. The molecule has 0 saturated heterocycles. The molecule has 0 atom stereocenters. The summed E-state index contributed by atoms with van der Waals surface area (Å²) in [6.07, 6.45) is 2.34. The number of nitrogens with zero attached hydrogens (tertiary/aromatic N) is 2. The van der Waals surface area contributed by atoms with Crippen molar-refractivity contribution < 1.29 is 13.6 Å². The van der Waals surface area contributed by atoms with Crippen LogP contribution < -0.4 is 4.74 Å². The predicted octanol–water partition coefficient (Wildman–Crippen LogP) is 3.57. The molecule has 0 fully saturated rings. The van der Waals surface area contributed by atoms with Gasteiger partial charge in [-0.2, -0.15) is 0 Å². The summed E-state index contributed by atoms with van der Waals surface area (Å²) in [5.41, 5.74) is 1.69. The van der Waals surface area contributed by atoms with Gasteiger partial charge in [-0.1, -0.05) is 6.92 Å². The summed E-state index contributed by atoms with van der Waals surface area (Å²) >= 11 is 0. The Hall–Kier alpha value is -2.56. The van der Waals surface area contributed by atoms with Crippen LogP contribution >= 0.6 is 0 Å². The van der Waals surface area contributed by atoms with Gasteiger partial charge in [0.25, 0.3) is 0 Å². The summed E-state index contributed by atoms with van der Waals surface area (Å²) in [6, 6.07) is 9.39. The van der Waals surface area contributed by atoms with Crippen molar-refractivity contribution in [2.75, 3.05) is 7.11 Å². The lowest BCUT2D eigenvalue weighted by atomic mass is 10.1. The van der Waals surface area contributed by atoms with E-state index in [1.807, 2.05) is 37.3 Å². The fraction of sp³-hybridized carbons (Fsp3) is 0.200. The van der Waals surface area contributed by atoms with E-state index in [0.717, 1.165) is 22.6 Å². The molecule has 3 aromatic rings. The fourth-order valence-electron chi connectivity index (χ4n) is 1.98. The Kier molecular flexibility index (Phi) is 3.25. The van der Waals surface area contributed by atoms with Crippen molar-refractivity contribution >= 4 is 0 Å². The van der Waals surface area contributed by atoms with Crippen molar-refractivity contribution in [1.29, 1.82) is 0 Å². The molecule has 3 rings (SSSR count). The maximum absolute atomic E-state index is 5.57. The molecule has 0 aliphatic heterocycles. The summed E-state index contributed by atoms with van der Waals surface area (Å²) < 4.78 is 16.4. The van der Waals surface area contributed by atoms with E-state index in [-0.39, 0.29) is 0 Å². The molecule has 2 aromatic heterocycles. The highest BCUT2D eigenvalue weighted by Gasteiger charge is 2.13. The maximum Gasteiger partial charge on any atom is 0.247 e. The molecule has 1 aromatic carbocycles. The summed E-state index contributed by atoms with van der Waals surface area (Å²) in [6.45, 7) is 1.97. The van der Waals surface area contributed by atoms with Gasteiger partial charge in [0.15, 0.2) is 0 Å². The number of benzene rings is 1. The van der Waals surface area contributed by atoms with Crippen LogP contribution in [0, 0.1) is 0 Å². The Balaban J connectivity index is 2.07. The highest BCUT2D eigenvalue weighted by atomic mass is 16.5. The second-order valence-electron chi connectivity index (χ2n) is 4.25. The van der Waals surface area contributed by atoms with Crippen LogP contribution in [0.2, 0.25) is 0 Å². The van der Waals surface area contributed by atoms with E-state index in [1.54, 1.807) is 13.4 Å². The number of ether oxygens (including phenoxy) is 1. The maximum atomic E-state index is 5.57. The number of hydrogen-bond donors (Lipinski definition) is 0. The average molecular weight is 270 g/mol. The molecule has 0 aliphatic rings. The van der Waals surface area contributed by atoms with Crippen LogP contribution in [0.1, 0.15) is 12.8 Å². The molecule has 5 heteroatoms. The zero-order valence-electron chi connectivity index (χ0n) is 11.3. The van der Waals surface area contributed by atoms with E-state index in [2.05, 4.69) is 10.2 Å². The number of aromatic nitrogens is 2. The fourth-order valence-corrected chi connectivity index (χ4v) is 1.98. The van der Waals surface area contributed by atoms with Crippen LogP contribution in [0.4, 0.5) is 0 Å². The van der Waals surface area contributed by atoms with Gasteiger partial charge in [-0.15, -0.1) is 10.2 Å². The quantitative estimate of drug-likeness (QED) is 0.725. The van der Waals surface area contributed by atoms with Crippen LogP contribution in [-0.2, 0) is 6.42 Å². The summed E-state index contributed by atoms with van der Waals surface area (Å²) in [5, 5.41) is 8.02. The van der Waals surface area contributed by atoms with E-state index in [9.17, 15) is 0 Å². The molecular weight excluding hydrogens is 256 g/mol. The molecule has 0 unspecified atom stereocenters. The minimum Gasteiger partial charge on any atom is -0.496 e. The molecule has 0 aliphatic carbocycles. The van der Waals surface area contributed by atoms with Gasteiger partial charge in [-0.3, -0.25) is 0 Å². The molecule has 0 saturated carbocycles. The third-order valence-electron chi connectivity index (χ3n) is 3.00. The van der Waals surface area contributed by atoms with Gasteiger partial charge >= 0.3 is 0 Å². The van der Waals surface area contributed by atoms with Gasteiger partial charge in [-0.05, 0) is 30.3 Å². The highest BCUT2D eigenvalue weighted by Crippen LogP contribution is 2.34. The van der Waals surface area contributed by atoms with Gasteiger partial charge in [0.1, 0.15) is 11.5 Å². The Morgan fingerprint density at radius 1 is 1.20 bits per heavy atom. The van der Waals surface area contributed by atoms with Crippen LogP contribution in [0.5, 0.6) is 5.75 Å². The molecule has 5 nitrogen and oxygen atoms in total. The molecule has 0 amide bonds. The van der Waals surface area contributed by atoms with Crippen molar-refractivity contribution in [2.45, 2.75) is 13.3 Å². The van der Waals surface area contributed by atoms with E-state index >= 15 is 0 Å². The lowest BCUT2D eigenvalue weighted by molar-refractivity contribution is 0.414. The first-order chi connectivity index (χ1) is 9.81. The first kappa shape index (κ1) is 12.5. The van der Waals surface area contributed by atoms with Crippen molar-refractivity contribution in [3.63, 3.8) is 0 Å². The minimum absolute atomic E-state index is 0.498. The third-order valence-corrected chi connectivity index (χ3v) is 3.00. The standard InChI is InChI=1S/C15H14N2O3/c1-3-14-16-17-15(20-14)10-6-7-12(18-2)11(9-10)13-5-4-8-19-13/h4-9H,3H2,1-2H3. The lowest BCUT2D eigenvalue weighted by Crippen LogP contribution is -1.88. The summed E-state index contributed by atoms with van der Waals surface area (Å²) in [5.74, 6) is 2.59. The van der Waals surface area contributed by atoms with Gasteiger partial charge in [0.2, 0.25) is 11.8 Å². The normalized spacial score (nSPS) is 10.7. The average Bonchev–Trinajstić information content (AvgIpc) is 3.17. The second kappa shape index (κ2) is 5.21. The molecule has 0 radical (unpaired) electrons. The molecule has 0 spiro atoms. The first-order valence-electron chi connectivity index (χ1n) is 6.36. The summed E-state index contributed by atoms with van der Waals surface area (Å²) in [7, 11) is 1.63. The number of methoxy groups -OCH3 is 1. The van der Waals surface area contributed by atoms with Crippen molar-refractivity contribution in [3.8, 4) is 28.5 Å². The van der Waals surface area contributed by atoms with Crippen LogP contribution in [0.3, 0.4) is 0 Å². The monoisotopic (exact) mass is 270 g/mol. The highest BCUT2D eigenvalue weighted by molar-refractivity contribution is 5.72. The molecule has 20 heavy (non-hydrogen) atoms.